The fourth-order valence-electron chi connectivity index (χ4n) is 7.23. The molecule has 0 spiro atoms. The van der Waals surface area contributed by atoms with Crippen LogP contribution in [0.1, 0.15) is 52.0 Å². The summed E-state index contributed by atoms with van der Waals surface area (Å²) in [5, 5.41) is 15.1. The number of ether oxygens (including phenoxy) is 1. The summed E-state index contributed by atoms with van der Waals surface area (Å²) in [4.78, 5) is 20.0. The first kappa shape index (κ1) is 29.6. The van der Waals surface area contributed by atoms with Crippen LogP contribution in [0.15, 0.2) is 65.0 Å². The van der Waals surface area contributed by atoms with Crippen LogP contribution in [-0.4, -0.2) is 84.4 Å². The molecular formula is C34H45ClN4O3. The SMILES string of the molecule is CCN1C(=O)CN([C@@H]2CCN(CC/C=C3\C4=CCCNC4COC4=C3CC(C(C)(C)O)C=C4)C2)Cc2ccc(Cl)cc21. The Morgan fingerprint density at radius 3 is 2.93 bits per heavy atom. The summed E-state index contributed by atoms with van der Waals surface area (Å²) >= 11 is 6.30. The summed E-state index contributed by atoms with van der Waals surface area (Å²) in [6.45, 7) is 12.3. The number of nitrogens with one attached hydrogen (secondary N) is 1. The molecule has 1 saturated heterocycles. The maximum atomic E-state index is 13.2. The van der Waals surface area contributed by atoms with Crippen LogP contribution in [0.3, 0.4) is 0 Å². The Bertz CT molecular complexity index is 1330. The lowest BCUT2D eigenvalue weighted by atomic mass is 9.77. The number of carbonyl (C=O) groups is 1. The maximum absolute atomic E-state index is 13.2. The Hall–Kier alpha value is -2.42. The van der Waals surface area contributed by atoms with E-state index in [1.54, 1.807) is 0 Å². The summed E-state index contributed by atoms with van der Waals surface area (Å²) in [6, 6.07) is 6.50. The number of hydrogen-bond acceptors (Lipinski definition) is 6. The average Bonchev–Trinajstić information content (AvgIpc) is 3.31. The molecule has 4 aliphatic heterocycles. The molecule has 0 radical (unpaired) electrons. The Kier molecular flexibility index (Phi) is 8.67. The van der Waals surface area contributed by atoms with Crippen LogP contribution >= 0.6 is 11.6 Å². The van der Waals surface area contributed by atoms with Gasteiger partial charge in [0.2, 0.25) is 5.91 Å². The number of likely N-dealkylation sites (tertiary alicyclic amines) is 1. The van der Waals surface area contributed by atoms with E-state index in [1.807, 2.05) is 37.8 Å². The Morgan fingerprint density at radius 1 is 1.26 bits per heavy atom. The van der Waals surface area contributed by atoms with Gasteiger partial charge in [-0.1, -0.05) is 35.9 Å². The first-order valence-corrected chi connectivity index (χ1v) is 16.0. The predicted octanol–water partition coefficient (Wildman–Crippen LogP) is 4.82. The van der Waals surface area contributed by atoms with Crippen molar-refractivity contribution in [2.45, 2.75) is 70.7 Å². The van der Waals surface area contributed by atoms with Gasteiger partial charge in [-0.2, -0.15) is 0 Å². The van der Waals surface area contributed by atoms with Gasteiger partial charge < -0.3 is 25.0 Å². The zero-order chi connectivity index (χ0) is 29.4. The molecule has 0 saturated carbocycles. The summed E-state index contributed by atoms with van der Waals surface area (Å²) in [7, 11) is 0. The highest BCUT2D eigenvalue weighted by molar-refractivity contribution is 6.31. The van der Waals surface area contributed by atoms with Crippen LogP contribution in [0.2, 0.25) is 5.02 Å². The van der Waals surface area contributed by atoms with Crippen LogP contribution in [-0.2, 0) is 16.1 Å². The van der Waals surface area contributed by atoms with Gasteiger partial charge >= 0.3 is 0 Å². The summed E-state index contributed by atoms with van der Waals surface area (Å²) in [5.41, 5.74) is 5.20. The molecule has 7 nitrogen and oxygen atoms in total. The number of rotatable bonds is 6. The summed E-state index contributed by atoms with van der Waals surface area (Å²) in [6.07, 6.45) is 12.8. The van der Waals surface area contributed by atoms with E-state index in [0.717, 1.165) is 69.9 Å². The molecule has 0 bridgehead atoms. The minimum Gasteiger partial charge on any atom is -0.491 e. The second-order valence-electron chi connectivity index (χ2n) is 12.9. The van der Waals surface area contributed by atoms with Crippen molar-refractivity contribution < 1.29 is 14.6 Å². The highest BCUT2D eigenvalue weighted by atomic mass is 35.5. The molecule has 2 unspecified atom stereocenters. The largest absolute Gasteiger partial charge is 0.491 e. The Morgan fingerprint density at radius 2 is 2.12 bits per heavy atom. The zero-order valence-electron chi connectivity index (χ0n) is 25.2. The molecular weight excluding hydrogens is 548 g/mol. The Labute approximate surface area is 255 Å². The summed E-state index contributed by atoms with van der Waals surface area (Å²) in [5.74, 6) is 1.15. The number of hydrogen-bond donors (Lipinski definition) is 2. The van der Waals surface area contributed by atoms with Crippen molar-refractivity contribution in [3.63, 3.8) is 0 Å². The first-order valence-electron chi connectivity index (χ1n) is 15.7. The minimum absolute atomic E-state index is 0.0532. The molecule has 1 aromatic rings. The number of aliphatic hydroxyl groups is 1. The van der Waals surface area contributed by atoms with Crippen LogP contribution in [0, 0.1) is 5.92 Å². The van der Waals surface area contributed by atoms with Gasteiger partial charge in [-0.15, -0.1) is 0 Å². The van der Waals surface area contributed by atoms with Gasteiger partial charge in [-0.05, 0) is 94.5 Å². The number of carbonyl (C=O) groups excluding carboxylic acids is 1. The fourth-order valence-corrected chi connectivity index (χ4v) is 7.39. The van der Waals surface area contributed by atoms with E-state index in [-0.39, 0.29) is 17.9 Å². The van der Waals surface area contributed by atoms with Gasteiger partial charge in [-0.25, -0.2) is 0 Å². The molecule has 0 aromatic heterocycles. The fraction of sp³-hybridized carbons (Fsp3) is 0.559. The lowest BCUT2D eigenvalue weighted by molar-refractivity contribution is -0.120. The number of likely N-dealkylation sites (N-methyl/N-ethyl adjacent to an activating group) is 1. The van der Waals surface area contributed by atoms with Gasteiger partial charge in [0.1, 0.15) is 12.4 Å². The van der Waals surface area contributed by atoms with Crippen molar-refractivity contribution in [2.24, 2.45) is 5.92 Å². The van der Waals surface area contributed by atoms with Gasteiger partial charge in [0, 0.05) is 54.4 Å². The average molecular weight is 593 g/mol. The third-order valence-electron chi connectivity index (χ3n) is 9.65. The molecule has 6 rings (SSSR count). The number of nitrogens with zero attached hydrogens (tertiary/aromatic N) is 3. The van der Waals surface area contributed by atoms with E-state index < -0.39 is 5.60 Å². The van der Waals surface area contributed by atoms with Gasteiger partial charge in [0.15, 0.2) is 0 Å². The third kappa shape index (κ3) is 6.13. The molecule has 2 N–H and O–H groups in total. The van der Waals surface area contributed by atoms with Crippen molar-refractivity contribution in [1.82, 2.24) is 15.1 Å². The van der Waals surface area contributed by atoms with E-state index in [1.165, 1.54) is 22.3 Å². The molecule has 1 fully saturated rings. The molecule has 5 aliphatic rings. The summed E-state index contributed by atoms with van der Waals surface area (Å²) < 4.78 is 6.31. The highest BCUT2D eigenvalue weighted by Gasteiger charge is 2.36. The Balaban J connectivity index is 1.15. The van der Waals surface area contributed by atoms with E-state index in [9.17, 15) is 9.90 Å². The van der Waals surface area contributed by atoms with Gasteiger partial charge in [0.05, 0.1) is 18.2 Å². The molecule has 1 aliphatic carbocycles. The van der Waals surface area contributed by atoms with Crippen molar-refractivity contribution in [1.29, 1.82) is 0 Å². The second kappa shape index (κ2) is 12.3. The second-order valence-corrected chi connectivity index (χ2v) is 13.3. The zero-order valence-corrected chi connectivity index (χ0v) is 26.0. The monoisotopic (exact) mass is 592 g/mol. The molecule has 1 amide bonds. The van der Waals surface area contributed by atoms with E-state index in [4.69, 9.17) is 16.3 Å². The first-order chi connectivity index (χ1) is 20.2. The van der Waals surface area contributed by atoms with Crippen LogP contribution in [0.5, 0.6) is 0 Å². The van der Waals surface area contributed by atoms with Gasteiger partial charge in [-0.3, -0.25) is 9.69 Å². The third-order valence-corrected chi connectivity index (χ3v) is 9.89. The molecule has 8 heteroatoms. The number of amides is 1. The minimum atomic E-state index is -0.786. The number of allylic oxidation sites excluding steroid dienone is 2. The molecule has 4 heterocycles. The molecule has 1 aromatic carbocycles. The molecule has 226 valence electrons. The van der Waals surface area contributed by atoms with Crippen molar-refractivity contribution >= 4 is 23.2 Å². The normalized spacial score (nSPS) is 28.2. The highest BCUT2D eigenvalue weighted by Crippen LogP contribution is 2.41. The smallest absolute Gasteiger partial charge is 0.241 e. The van der Waals surface area contributed by atoms with E-state index in [0.29, 0.717) is 30.8 Å². The predicted molar refractivity (Wildman–Crippen MR) is 168 cm³/mol. The van der Waals surface area contributed by atoms with Crippen molar-refractivity contribution in [3.05, 3.63) is 75.6 Å². The van der Waals surface area contributed by atoms with Crippen LogP contribution < -0.4 is 10.2 Å². The molecule has 42 heavy (non-hydrogen) atoms. The molecule has 3 atom stereocenters. The quantitative estimate of drug-likeness (QED) is 0.494. The number of anilines is 1. The lowest BCUT2D eigenvalue weighted by Crippen LogP contribution is -2.43. The van der Waals surface area contributed by atoms with E-state index >= 15 is 0 Å². The van der Waals surface area contributed by atoms with Crippen molar-refractivity contribution in [3.8, 4) is 0 Å². The number of benzene rings is 1. The number of fused-ring (bicyclic) bond motifs is 2. The van der Waals surface area contributed by atoms with Crippen molar-refractivity contribution in [2.75, 3.05) is 50.8 Å². The topological polar surface area (TPSA) is 68.3 Å². The van der Waals surface area contributed by atoms with E-state index in [2.05, 4.69) is 45.5 Å². The number of halogens is 1. The standard InChI is InChI=1S/C34H45ClN4O3/c1-4-39-31-18-25(35)11-9-23(31)19-38(21-33(39)40)26-13-16-37(20-26)15-6-8-27-28-7-5-14-36-30(28)22-42-32-12-10-24(17-29(27)32)34(2,3)41/h7-12,18,24,26,30,36,41H,4-6,13-17,19-22H2,1-3H3/b27-8+/t24?,26-,30?/m1/s1. The lowest BCUT2D eigenvalue weighted by Gasteiger charge is -2.32. The van der Waals surface area contributed by atoms with Crippen LogP contribution in [0.4, 0.5) is 5.69 Å². The van der Waals surface area contributed by atoms with Crippen LogP contribution in [0.25, 0.3) is 0 Å². The van der Waals surface area contributed by atoms with Gasteiger partial charge in [0.25, 0.3) is 0 Å². The maximum Gasteiger partial charge on any atom is 0.241 e.